The van der Waals surface area contributed by atoms with Crippen LogP contribution in [0.3, 0.4) is 0 Å². The van der Waals surface area contributed by atoms with Crippen molar-refractivity contribution in [2.75, 3.05) is 0 Å². The van der Waals surface area contributed by atoms with Gasteiger partial charge in [0.1, 0.15) is 5.60 Å². The molecule has 0 atom stereocenters. The SMILES string of the molecule is CC(C)(C)OC(=O)Cc1ccc[nH]c1=O.Cl.Cl. The molecule has 0 aliphatic heterocycles. The van der Waals surface area contributed by atoms with Crippen LogP contribution in [0.2, 0.25) is 0 Å². The molecule has 98 valence electrons. The topological polar surface area (TPSA) is 59.2 Å². The highest BCUT2D eigenvalue weighted by Gasteiger charge is 2.17. The van der Waals surface area contributed by atoms with E-state index >= 15 is 0 Å². The number of carbonyl (C=O) groups excluding carboxylic acids is 1. The van der Waals surface area contributed by atoms with Gasteiger partial charge in [0.15, 0.2) is 0 Å². The Hall–Kier alpha value is -1.000. The maximum atomic E-state index is 11.4. The molecule has 1 N–H and O–H groups in total. The summed E-state index contributed by atoms with van der Waals surface area (Å²) in [6, 6.07) is 3.30. The Bertz CT molecular complexity index is 410. The Balaban J connectivity index is 0. The minimum Gasteiger partial charge on any atom is -0.460 e. The van der Waals surface area contributed by atoms with Gasteiger partial charge >= 0.3 is 5.97 Å². The molecule has 0 radical (unpaired) electrons. The van der Waals surface area contributed by atoms with E-state index in [2.05, 4.69) is 4.98 Å². The second-order valence-electron chi connectivity index (χ2n) is 4.29. The Labute approximate surface area is 113 Å². The number of H-pyrrole nitrogens is 1. The summed E-state index contributed by atoms with van der Waals surface area (Å²) >= 11 is 0. The van der Waals surface area contributed by atoms with Crippen LogP contribution in [0.15, 0.2) is 23.1 Å². The molecule has 6 heteroatoms. The number of aromatic nitrogens is 1. The van der Waals surface area contributed by atoms with Crippen LogP contribution in [-0.2, 0) is 16.0 Å². The second kappa shape index (κ2) is 7.35. The summed E-state index contributed by atoms with van der Waals surface area (Å²) in [4.78, 5) is 25.2. The van der Waals surface area contributed by atoms with Gasteiger partial charge in [0.05, 0.1) is 6.42 Å². The van der Waals surface area contributed by atoms with Crippen LogP contribution in [0.4, 0.5) is 0 Å². The number of hydrogen-bond donors (Lipinski definition) is 1. The summed E-state index contributed by atoms with van der Waals surface area (Å²) in [7, 11) is 0. The zero-order chi connectivity index (χ0) is 11.5. The Morgan fingerprint density at radius 3 is 2.41 bits per heavy atom. The van der Waals surface area contributed by atoms with Crippen molar-refractivity contribution < 1.29 is 9.53 Å². The van der Waals surface area contributed by atoms with Crippen LogP contribution < -0.4 is 5.56 Å². The smallest absolute Gasteiger partial charge is 0.310 e. The van der Waals surface area contributed by atoms with Crippen molar-refractivity contribution in [1.82, 2.24) is 4.98 Å². The molecule has 0 saturated heterocycles. The van der Waals surface area contributed by atoms with E-state index in [9.17, 15) is 9.59 Å². The van der Waals surface area contributed by atoms with Crippen LogP contribution in [0.5, 0.6) is 0 Å². The zero-order valence-electron chi connectivity index (χ0n) is 9.98. The predicted octanol–water partition coefficient (Wildman–Crippen LogP) is 2.10. The normalized spacial score (nSPS) is 9.82. The molecule has 1 aromatic rings. The number of esters is 1. The molecule has 0 fully saturated rings. The summed E-state index contributed by atoms with van der Waals surface area (Å²) in [6.45, 7) is 5.38. The van der Waals surface area contributed by atoms with E-state index in [1.807, 2.05) is 0 Å². The molecule has 0 saturated carbocycles. The van der Waals surface area contributed by atoms with Gasteiger partial charge < -0.3 is 9.72 Å². The summed E-state index contributed by atoms with van der Waals surface area (Å²) < 4.78 is 5.10. The number of rotatable bonds is 2. The maximum absolute atomic E-state index is 11.4. The molecular weight excluding hydrogens is 265 g/mol. The first-order valence-electron chi connectivity index (χ1n) is 4.77. The molecule has 0 aliphatic rings. The lowest BCUT2D eigenvalue weighted by atomic mass is 10.1. The number of ether oxygens (including phenoxy) is 1. The lowest BCUT2D eigenvalue weighted by Crippen LogP contribution is -2.26. The molecule has 0 unspecified atom stereocenters. The number of nitrogens with one attached hydrogen (secondary N) is 1. The highest BCUT2D eigenvalue weighted by atomic mass is 35.5. The summed E-state index contributed by atoms with van der Waals surface area (Å²) in [5.41, 5.74) is -0.339. The minimum absolute atomic E-state index is 0. The number of aromatic amines is 1. The molecule has 1 rings (SSSR count). The number of carbonyl (C=O) groups is 1. The molecule has 4 nitrogen and oxygen atoms in total. The second-order valence-corrected chi connectivity index (χ2v) is 4.29. The fraction of sp³-hybridized carbons (Fsp3) is 0.455. The van der Waals surface area contributed by atoms with Crippen molar-refractivity contribution in [3.05, 3.63) is 34.2 Å². The quantitative estimate of drug-likeness (QED) is 0.845. The molecule has 0 spiro atoms. The first kappa shape index (κ1) is 18.4. The van der Waals surface area contributed by atoms with Gasteiger partial charge in [0.2, 0.25) is 0 Å². The summed E-state index contributed by atoms with van der Waals surface area (Å²) in [6.07, 6.45) is 1.54. The van der Waals surface area contributed by atoms with Crippen molar-refractivity contribution in [2.45, 2.75) is 32.8 Å². The highest BCUT2D eigenvalue weighted by molar-refractivity contribution is 5.85. The molecule has 1 heterocycles. The monoisotopic (exact) mass is 281 g/mol. The number of hydrogen-bond acceptors (Lipinski definition) is 3. The lowest BCUT2D eigenvalue weighted by molar-refractivity contribution is -0.153. The van der Waals surface area contributed by atoms with Crippen LogP contribution in [0.1, 0.15) is 26.3 Å². The molecule has 0 amide bonds. The Morgan fingerprint density at radius 2 is 1.94 bits per heavy atom. The third-order valence-electron chi connectivity index (χ3n) is 1.65. The first-order chi connectivity index (χ1) is 6.88. The zero-order valence-corrected chi connectivity index (χ0v) is 11.6. The highest BCUT2D eigenvalue weighted by Crippen LogP contribution is 2.08. The molecule has 17 heavy (non-hydrogen) atoms. The van der Waals surface area contributed by atoms with Crippen LogP contribution >= 0.6 is 24.8 Å². The van der Waals surface area contributed by atoms with Crippen molar-refractivity contribution in [2.24, 2.45) is 0 Å². The Kier molecular flexibility index (Phi) is 7.94. The van der Waals surface area contributed by atoms with E-state index in [1.165, 1.54) is 6.20 Å². The van der Waals surface area contributed by atoms with Gasteiger partial charge in [-0.05, 0) is 26.8 Å². The van der Waals surface area contributed by atoms with Gasteiger partial charge in [-0.25, -0.2) is 0 Å². The number of pyridine rings is 1. The molecule has 1 aromatic heterocycles. The predicted molar refractivity (Wildman–Crippen MR) is 71.1 cm³/mol. The van der Waals surface area contributed by atoms with Crippen LogP contribution in [-0.4, -0.2) is 16.6 Å². The van der Waals surface area contributed by atoms with Crippen molar-refractivity contribution in [3.63, 3.8) is 0 Å². The standard InChI is InChI=1S/C11H15NO3.2ClH/c1-11(2,3)15-9(13)7-8-5-4-6-12-10(8)14;;/h4-6H,7H2,1-3H3,(H,12,14);2*1H. The van der Waals surface area contributed by atoms with Gasteiger partial charge in [0.25, 0.3) is 5.56 Å². The van der Waals surface area contributed by atoms with E-state index < -0.39 is 5.60 Å². The van der Waals surface area contributed by atoms with Crippen molar-refractivity contribution >= 4 is 30.8 Å². The minimum atomic E-state index is -0.515. The molecule has 0 bridgehead atoms. The average Bonchev–Trinajstić information content (AvgIpc) is 2.05. The molecule has 0 aliphatic carbocycles. The fourth-order valence-electron chi connectivity index (χ4n) is 1.13. The fourth-order valence-corrected chi connectivity index (χ4v) is 1.13. The van der Waals surface area contributed by atoms with Crippen molar-refractivity contribution in [3.8, 4) is 0 Å². The van der Waals surface area contributed by atoms with Gasteiger partial charge in [-0.2, -0.15) is 0 Å². The number of halogens is 2. The molecular formula is C11H17Cl2NO3. The van der Waals surface area contributed by atoms with E-state index in [0.29, 0.717) is 5.56 Å². The van der Waals surface area contributed by atoms with E-state index in [0.717, 1.165) is 0 Å². The summed E-state index contributed by atoms with van der Waals surface area (Å²) in [5, 5.41) is 0. The van der Waals surface area contributed by atoms with Gasteiger partial charge in [-0.15, -0.1) is 24.8 Å². The first-order valence-corrected chi connectivity index (χ1v) is 4.77. The van der Waals surface area contributed by atoms with Crippen LogP contribution in [0, 0.1) is 0 Å². The average molecular weight is 282 g/mol. The third kappa shape index (κ3) is 7.02. The molecule has 0 aromatic carbocycles. The van der Waals surface area contributed by atoms with E-state index in [4.69, 9.17) is 4.74 Å². The maximum Gasteiger partial charge on any atom is 0.310 e. The lowest BCUT2D eigenvalue weighted by Gasteiger charge is -2.19. The van der Waals surface area contributed by atoms with Crippen molar-refractivity contribution in [1.29, 1.82) is 0 Å². The Morgan fingerprint density at radius 1 is 1.35 bits per heavy atom. The van der Waals surface area contributed by atoms with E-state index in [-0.39, 0.29) is 42.8 Å². The van der Waals surface area contributed by atoms with E-state index in [1.54, 1.807) is 32.9 Å². The van der Waals surface area contributed by atoms with Crippen LogP contribution in [0.25, 0.3) is 0 Å². The largest absolute Gasteiger partial charge is 0.460 e. The summed E-state index contributed by atoms with van der Waals surface area (Å²) in [5.74, 6) is -0.390. The van der Waals surface area contributed by atoms with Gasteiger partial charge in [-0.1, -0.05) is 6.07 Å². The van der Waals surface area contributed by atoms with Gasteiger partial charge in [-0.3, -0.25) is 9.59 Å². The third-order valence-corrected chi connectivity index (χ3v) is 1.65. The van der Waals surface area contributed by atoms with Gasteiger partial charge in [0, 0.05) is 11.8 Å².